The highest BCUT2D eigenvalue weighted by atomic mass is 16.6. The van der Waals surface area contributed by atoms with Gasteiger partial charge in [0.1, 0.15) is 12.6 Å². The zero-order valence-electron chi connectivity index (χ0n) is 8.82. The average molecular weight is 197 g/mol. The lowest BCUT2D eigenvalue weighted by molar-refractivity contribution is 0.159. The molecule has 0 spiro atoms. The number of cyclic esters (lactones) is 1. The van der Waals surface area contributed by atoms with Gasteiger partial charge in [0, 0.05) is 13.1 Å². The first kappa shape index (κ1) is 9.77. The fraction of sp³-hybridized carbons (Fsp3) is 0.800. The van der Waals surface area contributed by atoms with E-state index in [0.717, 1.165) is 19.0 Å². The van der Waals surface area contributed by atoms with E-state index in [1.54, 1.807) is 11.9 Å². The van der Waals surface area contributed by atoms with Crippen molar-refractivity contribution in [3.8, 4) is 0 Å². The zero-order valence-corrected chi connectivity index (χ0v) is 8.82. The van der Waals surface area contributed by atoms with E-state index in [-0.39, 0.29) is 6.09 Å². The normalized spacial score (nSPS) is 30.9. The summed E-state index contributed by atoms with van der Waals surface area (Å²) >= 11 is 0. The summed E-state index contributed by atoms with van der Waals surface area (Å²) in [6.45, 7) is 1.60. The van der Waals surface area contributed by atoms with Gasteiger partial charge in [-0.25, -0.2) is 4.79 Å². The lowest BCUT2D eigenvalue weighted by atomic mass is 9.96. The molecule has 2 fully saturated rings. The van der Waals surface area contributed by atoms with Crippen LogP contribution in [0.2, 0.25) is 0 Å². The topological polar surface area (TPSA) is 32.8 Å². The van der Waals surface area contributed by atoms with Crippen LogP contribution in [-0.4, -0.2) is 49.2 Å². The van der Waals surface area contributed by atoms with Crippen LogP contribution >= 0.6 is 0 Å². The molecular formula is C10H17N2O2. The number of hydrogen-bond donors (Lipinski definition) is 0. The Morgan fingerprint density at radius 1 is 1.36 bits per heavy atom. The number of likely N-dealkylation sites (tertiary alicyclic amines) is 1. The van der Waals surface area contributed by atoms with E-state index >= 15 is 0 Å². The maximum atomic E-state index is 11.2. The van der Waals surface area contributed by atoms with E-state index in [4.69, 9.17) is 4.74 Å². The first-order chi connectivity index (χ1) is 6.70. The fourth-order valence-corrected chi connectivity index (χ4v) is 2.26. The number of carbonyl (C=O) groups is 1. The molecule has 1 unspecified atom stereocenters. The number of ether oxygens (including phenoxy) is 1. The molecule has 14 heavy (non-hydrogen) atoms. The quantitative estimate of drug-likeness (QED) is 0.630. The SMILES string of the molecule is CN1[C](C2CCCCN2C)COC1=O. The highest BCUT2D eigenvalue weighted by Crippen LogP contribution is 2.29. The lowest BCUT2D eigenvalue weighted by Gasteiger charge is -2.36. The number of piperidine rings is 1. The minimum Gasteiger partial charge on any atom is -0.447 e. The predicted octanol–water partition coefficient (Wildman–Crippen LogP) is 1.08. The fourth-order valence-electron chi connectivity index (χ4n) is 2.26. The van der Waals surface area contributed by atoms with E-state index in [9.17, 15) is 4.79 Å². The summed E-state index contributed by atoms with van der Waals surface area (Å²) in [5.41, 5.74) is 0. The number of carbonyl (C=O) groups excluding carboxylic acids is 1. The van der Waals surface area contributed by atoms with Gasteiger partial charge in [0.2, 0.25) is 0 Å². The molecule has 1 amide bonds. The smallest absolute Gasteiger partial charge is 0.410 e. The molecule has 0 bridgehead atoms. The molecule has 2 aliphatic rings. The van der Waals surface area contributed by atoms with Crippen molar-refractivity contribution in [3.05, 3.63) is 6.04 Å². The first-order valence-corrected chi connectivity index (χ1v) is 5.16. The lowest BCUT2D eigenvalue weighted by Crippen LogP contribution is -2.45. The molecule has 0 saturated carbocycles. The van der Waals surface area contributed by atoms with Crippen molar-refractivity contribution < 1.29 is 9.53 Å². The van der Waals surface area contributed by atoms with Gasteiger partial charge in [-0.1, -0.05) is 6.42 Å². The van der Waals surface area contributed by atoms with Crippen molar-refractivity contribution in [1.29, 1.82) is 0 Å². The Morgan fingerprint density at radius 2 is 2.14 bits per heavy atom. The summed E-state index contributed by atoms with van der Waals surface area (Å²) in [6, 6.07) is 1.53. The van der Waals surface area contributed by atoms with Gasteiger partial charge >= 0.3 is 6.09 Å². The predicted molar refractivity (Wildman–Crippen MR) is 52.6 cm³/mol. The Balaban J connectivity index is 2.03. The molecule has 2 heterocycles. The number of hydrogen-bond acceptors (Lipinski definition) is 3. The Hall–Kier alpha value is -0.770. The van der Waals surface area contributed by atoms with Crippen molar-refractivity contribution in [1.82, 2.24) is 9.80 Å². The van der Waals surface area contributed by atoms with Crippen LogP contribution < -0.4 is 0 Å². The van der Waals surface area contributed by atoms with E-state index in [1.165, 1.54) is 12.8 Å². The highest BCUT2D eigenvalue weighted by Gasteiger charge is 2.39. The average Bonchev–Trinajstić information content (AvgIpc) is 2.49. The molecule has 0 aliphatic carbocycles. The molecule has 0 aromatic rings. The molecule has 0 aromatic carbocycles. The zero-order chi connectivity index (χ0) is 10.1. The Bertz CT molecular complexity index is 232. The van der Waals surface area contributed by atoms with Gasteiger partial charge in [0.25, 0.3) is 0 Å². The Morgan fingerprint density at radius 3 is 2.71 bits per heavy atom. The van der Waals surface area contributed by atoms with Gasteiger partial charge < -0.3 is 9.64 Å². The summed E-state index contributed by atoms with van der Waals surface area (Å²) in [6.07, 6.45) is 3.45. The largest absolute Gasteiger partial charge is 0.447 e. The van der Waals surface area contributed by atoms with Gasteiger partial charge in [-0.15, -0.1) is 0 Å². The maximum absolute atomic E-state index is 11.2. The molecule has 0 aromatic heterocycles. The van der Waals surface area contributed by atoms with Crippen LogP contribution in [0.4, 0.5) is 4.79 Å². The second kappa shape index (κ2) is 3.77. The van der Waals surface area contributed by atoms with Crippen molar-refractivity contribution in [2.75, 3.05) is 27.2 Å². The van der Waals surface area contributed by atoms with E-state index in [2.05, 4.69) is 11.9 Å². The van der Waals surface area contributed by atoms with Crippen LogP contribution in [0.15, 0.2) is 0 Å². The van der Waals surface area contributed by atoms with Crippen LogP contribution in [0.5, 0.6) is 0 Å². The van der Waals surface area contributed by atoms with Crippen LogP contribution in [-0.2, 0) is 4.74 Å². The third-order valence-electron chi connectivity index (χ3n) is 3.20. The monoisotopic (exact) mass is 197 g/mol. The third kappa shape index (κ3) is 1.59. The van der Waals surface area contributed by atoms with Crippen LogP contribution in [0, 0.1) is 6.04 Å². The molecular weight excluding hydrogens is 180 g/mol. The highest BCUT2D eigenvalue weighted by molar-refractivity contribution is 5.71. The van der Waals surface area contributed by atoms with Crippen molar-refractivity contribution in [2.45, 2.75) is 25.3 Å². The summed E-state index contributed by atoms with van der Waals surface area (Å²) < 4.78 is 5.00. The number of rotatable bonds is 1. The Kier molecular flexibility index (Phi) is 2.63. The molecule has 1 radical (unpaired) electrons. The number of nitrogens with zero attached hydrogens (tertiary/aromatic N) is 2. The van der Waals surface area contributed by atoms with Gasteiger partial charge in [0.15, 0.2) is 0 Å². The van der Waals surface area contributed by atoms with Gasteiger partial charge in [-0.3, -0.25) is 4.90 Å². The summed E-state index contributed by atoms with van der Waals surface area (Å²) in [7, 11) is 3.92. The molecule has 2 saturated heterocycles. The summed E-state index contributed by atoms with van der Waals surface area (Å²) in [5.74, 6) is 0. The molecule has 2 rings (SSSR count). The van der Waals surface area contributed by atoms with Crippen LogP contribution in [0.3, 0.4) is 0 Å². The number of amides is 1. The molecule has 0 N–H and O–H groups in total. The van der Waals surface area contributed by atoms with E-state index in [0.29, 0.717) is 12.6 Å². The van der Waals surface area contributed by atoms with Crippen molar-refractivity contribution in [2.24, 2.45) is 0 Å². The molecule has 1 atom stereocenters. The van der Waals surface area contributed by atoms with Crippen LogP contribution in [0.1, 0.15) is 19.3 Å². The summed E-state index contributed by atoms with van der Waals surface area (Å²) in [4.78, 5) is 15.2. The molecule has 4 heteroatoms. The standard InChI is InChI=1S/C10H17N2O2/c1-11-6-4-3-5-8(11)9-7-14-10(13)12(9)2/h8H,3-7H2,1-2H3. The molecule has 4 nitrogen and oxygen atoms in total. The third-order valence-corrected chi connectivity index (χ3v) is 3.20. The van der Waals surface area contributed by atoms with Gasteiger partial charge in [-0.05, 0) is 26.4 Å². The van der Waals surface area contributed by atoms with Crippen LogP contribution in [0.25, 0.3) is 0 Å². The van der Waals surface area contributed by atoms with E-state index in [1.807, 2.05) is 0 Å². The van der Waals surface area contributed by atoms with Crippen molar-refractivity contribution in [3.63, 3.8) is 0 Å². The first-order valence-electron chi connectivity index (χ1n) is 5.16. The van der Waals surface area contributed by atoms with Gasteiger partial charge in [-0.2, -0.15) is 0 Å². The van der Waals surface area contributed by atoms with Crippen molar-refractivity contribution >= 4 is 6.09 Å². The second-order valence-electron chi connectivity index (χ2n) is 4.10. The second-order valence-corrected chi connectivity index (χ2v) is 4.10. The molecule has 79 valence electrons. The minimum atomic E-state index is -0.209. The van der Waals surface area contributed by atoms with Gasteiger partial charge in [0.05, 0.1) is 0 Å². The minimum absolute atomic E-state index is 0.209. The van der Waals surface area contributed by atoms with E-state index < -0.39 is 0 Å². The Labute approximate surface area is 84.8 Å². The number of likely N-dealkylation sites (N-methyl/N-ethyl adjacent to an activating group) is 2. The molecule has 2 aliphatic heterocycles. The summed E-state index contributed by atoms with van der Waals surface area (Å²) in [5, 5.41) is 0. The maximum Gasteiger partial charge on any atom is 0.410 e.